The molecule has 2 aromatic rings. The van der Waals surface area contributed by atoms with Gasteiger partial charge in [-0.2, -0.15) is 13.2 Å². The molecule has 0 bridgehead atoms. The lowest BCUT2D eigenvalue weighted by molar-refractivity contribution is -0.137. The number of halogens is 4. The molecule has 1 heterocycles. The highest BCUT2D eigenvalue weighted by atomic mass is 35.5. The first-order valence-electron chi connectivity index (χ1n) is 7.56. The van der Waals surface area contributed by atoms with E-state index in [1.165, 1.54) is 24.3 Å². The number of sulfone groups is 1. The summed E-state index contributed by atoms with van der Waals surface area (Å²) in [4.78, 5) is 6.22. The van der Waals surface area contributed by atoms with Gasteiger partial charge in [-0.15, -0.1) is 0 Å². The van der Waals surface area contributed by atoms with Gasteiger partial charge >= 0.3 is 6.18 Å². The first kappa shape index (κ1) is 18.7. The number of nitrogens with zero attached hydrogens (tertiary/aromatic N) is 2. The summed E-state index contributed by atoms with van der Waals surface area (Å²) in [7, 11) is -3.32. The number of benzene rings is 2. The molecule has 4 nitrogen and oxygen atoms in total. The van der Waals surface area contributed by atoms with Crippen LogP contribution >= 0.6 is 11.6 Å². The molecule has 0 atom stereocenters. The van der Waals surface area contributed by atoms with Crippen LogP contribution in [-0.4, -0.2) is 33.6 Å². The number of hydrogen-bond donors (Lipinski definition) is 0. The minimum Gasteiger partial charge on any atom is -0.324 e. The van der Waals surface area contributed by atoms with Crippen molar-refractivity contribution in [2.75, 3.05) is 24.2 Å². The zero-order valence-corrected chi connectivity index (χ0v) is 15.2. The minimum absolute atomic E-state index is 0.171. The second kappa shape index (κ2) is 6.59. The van der Waals surface area contributed by atoms with E-state index >= 15 is 0 Å². The monoisotopic (exact) mass is 402 g/mol. The van der Waals surface area contributed by atoms with Crippen LogP contribution in [0.3, 0.4) is 0 Å². The normalized spacial score (nSPS) is 15.3. The van der Waals surface area contributed by atoms with Gasteiger partial charge in [-0.05, 0) is 42.5 Å². The summed E-state index contributed by atoms with van der Waals surface area (Å²) in [6.07, 6.45) is -3.45. The van der Waals surface area contributed by atoms with E-state index in [-0.39, 0.29) is 9.92 Å². The molecule has 0 N–H and O–H groups in total. The van der Waals surface area contributed by atoms with Crippen molar-refractivity contribution in [1.82, 2.24) is 0 Å². The van der Waals surface area contributed by atoms with Gasteiger partial charge in [0.05, 0.1) is 22.0 Å². The zero-order chi connectivity index (χ0) is 19.1. The van der Waals surface area contributed by atoms with Crippen LogP contribution in [-0.2, 0) is 16.0 Å². The van der Waals surface area contributed by atoms with Crippen molar-refractivity contribution in [3.63, 3.8) is 0 Å². The molecular weight excluding hydrogens is 389 g/mol. The summed E-state index contributed by atoms with van der Waals surface area (Å²) in [5.74, 6) is 0.388. The molecule has 9 heteroatoms. The molecule has 1 aliphatic heterocycles. The van der Waals surface area contributed by atoms with E-state index in [2.05, 4.69) is 4.99 Å². The van der Waals surface area contributed by atoms with Crippen molar-refractivity contribution >= 4 is 33.0 Å². The number of hydrogen-bond acceptors (Lipinski definition) is 4. The van der Waals surface area contributed by atoms with Crippen LogP contribution < -0.4 is 4.90 Å². The van der Waals surface area contributed by atoms with Crippen LogP contribution in [0.4, 0.5) is 18.9 Å². The summed E-state index contributed by atoms with van der Waals surface area (Å²) < 4.78 is 62.4. The highest BCUT2D eigenvalue weighted by Crippen LogP contribution is 2.36. The van der Waals surface area contributed by atoms with Crippen molar-refractivity contribution in [1.29, 1.82) is 0 Å². The highest BCUT2D eigenvalue weighted by molar-refractivity contribution is 7.90. The fraction of sp³-hybridized carbons (Fsp3) is 0.235. The van der Waals surface area contributed by atoms with Gasteiger partial charge in [-0.1, -0.05) is 11.6 Å². The van der Waals surface area contributed by atoms with Crippen molar-refractivity contribution in [2.24, 2.45) is 4.99 Å². The molecular formula is C17H14ClF3N2O2S. The van der Waals surface area contributed by atoms with Gasteiger partial charge in [0.25, 0.3) is 0 Å². The summed E-state index contributed by atoms with van der Waals surface area (Å²) in [6.45, 7) is 0.907. The Bertz CT molecular complexity index is 970. The van der Waals surface area contributed by atoms with Crippen molar-refractivity contribution in [3.05, 3.63) is 58.6 Å². The maximum atomic E-state index is 13.1. The first-order chi connectivity index (χ1) is 12.1. The fourth-order valence-corrected chi connectivity index (χ4v) is 3.56. The van der Waals surface area contributed by atoms with Crippen LogP contribution in [0.5, 0.6) is 0 Å². The molecule has 0 saturated carbocycles. The van der Waals surface area contributed by atoms with Crippen LogP contribution in [0.1, 0.15) is 11.1 Å². The Kier molecular flexibility index (Phi) is 4.74. The molecule has 0 fully saturated rings. The lowest BCUT2D eigenvalue weighted by Crippen LogP contribution is -2.28. The van der Waals surface area contributed by atoms with Gasteiger partial charge in [-0.3, -0.25) is 4.99 Å². The molecule has 0 radical (unpaired) electrons. The maximum Gasteiger partial charge on any atom is 0.417 e. The summed E-state index contributed by atoms with van der Waals surface area (Å²) in [6, 6.07) is 9.80. The Hall–Kier alpha value is -2.06. The Morgan fingerprint density at radius 1 is 1.12 bits per heavy atom. The molecule has 0 spiro atoms. The Balaban J connectivity index is 1.97. The minimum atomic E-state index is -4.56. The van der Waals surface area contributed by atoms with Crippen molar-refractivity contribution < 1.29 is 21.6 Å². The number of anilines is 1. The first-order valence-corrected chi connectivity index (χ1v) is 9.83. The topological polar surface area (TPSA) is 49.7 Å². The standard InChI is InChI=1S/C17H14ClF3N2O2S/c1-26(24,25)13-5-3-12(4-6-13)23-9-8-22-16(23)11-2-7-15(18)14(10-11)17(19,20)21/h2-7,10H,8-9H2,1H3. The van der Waals surface area contributed by atoms with E-state index < -0.39 is 21.6 Å². The van der Waals surface area contributed by atoms with Gasteiger partial charge in [-0.25, -0.2) is 8.42 Å². The third kappa shape index (κ3) is 3.71. The SMILES string of the molecule is CS(=O)(=O)c1ccc(N2CCN=C2c2ccc(Cl)c(C(F)(F)F)c2)cc1. The van der Waals surface area contributed by atoms with E-state index in [1.807, 2.05) is 0 Å². The molecule has 0 aromatic heterocycles. The quantitative estimate of drug-likeness (QED) is 0.778. The summed E-state index contributed by atoms with van der Waals surface area (Å²) >= 11 is 5.67. The summed E-state index contributed by atoms with van der Waals surface area (Å²) in [5.41, 5.74) is 0.0298. The highest BCUT2D eigenvalue weighted by Gasteiger charge is 2.34. The number of amidine groups is 1. The molecule has 3 rings (SSSR count). The molecule has 1 aliphatic rings. The lowest BCUT2D eigenvalue weighted by Gasteiger charge is -2.21. The molecule has 0 amide bonds. The average molecular weight is 403 g/mol. The van der Waals surface area contributed by atoms with E-state index in [1.54, 1.807) is 17.0 Å². The van der Waals surface area contributed by atoms with Gasteiger partial charge in [0.1, 0.15) is 5.84 Å². The van der Waals surface area contributed by atoms with Crippen LogP contribution in [0, 0.1) is 0 Å². The smallest absolute Gasteiger partial charge is 0.324 e. The largest absolute Gasteiger partial charge is 0.417 e. The molecule has 0 unspecified atom stereocenters. The number of rotatable bonds is 3. The molecule has 2 aromatic carbocycles. The van der Waals surface area contributed by atoms with Gasteiger partial charge in [0.2, 0.25) is 0 Å². The Morgan fingerprint density at radius 2 is 1.77 bits per heavy atom. The molecule has 0 saturated heterocycles. The van der Waals surface area contributed by atoms with Crippen LogP contribution in [0.2, 0.25) is 5.02 Å². The van der Waals surface area contributed by atoms with Crippen molar-refractivity contribution in [2.45, 2.75) is 11.1 Å². The Labute approximate surface area is 153 Å². The van der Waals surface area contributed by atoms with Gasteiger partial charge < -0.3 is 4.90 Å². The second-order valence-electron chi connectivity index (χ2n) is 5.82. The molecule has 0 aliphatic carbocycles. The molecule has 26 heavy (non-hydrogen) atoms. The third-order valence-corrected chi connectivity index (χ3v) is 5.41. The van der Waals surface area contributed by atoms with E-state index in [0.717, 1.165) is 12.3 Å². The van der Waals surface area contributed by atoms with E-state index in [0.29, 0.717) is 30.2 Å². The maximum absolute atomic E-state index is 13.1. The van der Waals surface area contributed by atoms with E-state index in [4.69, 9.17) is 11.6 Å². The zero-order valence-electron chi connectivity index (χ0n) is 13.6. The molecule has 138 valence electrons. The third-order valence-electron chi connectivity index (χ3n) is 3.95. The van der Waals surface area contributed by atoms with Crippen molar-refractivity contribution in [3.8, 4) is 0 Å². The fourth-order valence-electron chi connectivity index (χ4n) is 2.70. The Morgan fingerprint density at radius 3 is 2.35 bits per heavy atom. The summed E-state index contributed by atoms with van der Waals surface area (Å²) in [5, 5.41) is -0.371. The second-order valence-corrected chi connectivity index (χ2v) is 8.24. The lowest BCUT2D eigenvalue weighted by atomic mass is 10.1. The number of alkyl halides is 3. The predicted molar refractivity (Wildman–Crippen MR) is 94.8 cm³/mol. The predicted octanol–water partition coefficient (Wildman–Crippen LogP) is 4.03. The number of aliphatic imine (C=N–C) groups is 1. The van der Waals surface area contributed by atoms with Crippen LogP contribution in [0.25, 0.3) is 0 Å². The van der Waals surface area contributed by atoms with E-state index in [9.17, 15) is 21.6 Å². The van der Waals surface area contributed by atoms with Gasteiger partial charge in [0.15, 0.2) is 9.84 Å². The average Bonchev–Trinajstić information content (AvgIpc) is 3.03. The van der Waals surface area contributed by atoms with Crippen LogP contribution in [0.15, 0.2) is 52.4 Å². The van der Waals surface area contributed by atoms with Gasteiger partial charge in [0, 0.05) is 24.1 Å².